The quantitative estimate of drug-likeness (QED) is 0.285. The lowest BCUT2D eigenvalue weighted by atomic mass is 10.1. The Labute approximate surface area is 77.5 Å². The highest BCUT2D eigenvalue weighted by Crippen LogP contribution is 2.52. The summed E-state index contributed by atoms with van der Waals surface area (Å²) in [4.78, 5) is 12.5. The molecular formula is C8H14N3O2-. The van der Waals surface area contributed by atoms with E-state index in [1.54, 1.807) is 0 Å². The van der Waals surface area contributed by atoms with Gasteiger partial charge in [-0.15, -0.1) is 0 Å². The summed E-state index contributed by atoms with van der Waals surface area (Å²) in [6, 6.07) is 0. The second-order valence-corrected chi connectivity index (χ2v) is 3.59. The highest BCUT2D eigenvalue weighted by molar-refractivity contribution is 5.76. The fourth-order valence-corrected chi connectivity index (χ4v) is 1.11. The summed E-state index contributed by atoms with van der Waals surface area (Å²) in [6.07, 6.45) is 0.992. The Balaban J connectivity index is 0.000000424. The van der Waals surface area contributed by atoms with Gasteiger partial charge in [-0.05, 0) is 18.8 Å². The molecule has 0 bridgehead atoms. The Bertz CT molecular complexity index is 219. The molecule has 1 saturated carbocycles. The van der Waals surface area contributed by atoms with Gasteiger partial charge in [-0.1, -0.05) is 13.8 Å². The van der Waals surface area contributed by atoms with Gasteiger partial charge in [0, 0.05) is 0 Å². The number of esters is 1. The van der Waals surface area contributed by atoms with E-state index in [4.69, 9.17) is 15.8 Å². The summed E-state index contributed by atoms with van der Waals surface area (Å²) in [5.74, 6) is 0.153. The van der Waals surface area contributed by atoms with Crippen LogP contribution in [0.25, 0.3) is 16.0 Å². The molecule has 1 aliphatic carbocycles. The summed E-state index contributed by atoms with van der Waals surface area (Å²) in [6.45, 7) is 6.53. The van der Waals surface area contributed by atoms with Crippen LogP contribution in [0.15, 0.2) is 0 Å². The minimum Gasteiger partial charge on any atom is -0.466 e. The van der Waals surface area contributed by atoms with Crippen LogP contribution in [0.2, 0.25) is 0 Å². The number of carbonyl (C=O) groups excluding carboxylic acids is 1. The van der Waals surface area contributed by atoms with Gasteiger partial charge in [-0.2, -0.15) is 0 Å². The van der Waals surface area contributed by atoms with Crippen LogP contribution >= 0.6 is 0 Å². The fraction of sp³-hybridized carbons (Fsp3) is 0.875. The lowest BCUT2D eigenvalue weighted by molar-refractivity contribution is -0.145. The average Bonchev–Trinajstić information content (AvgIpc) is 2.62. The van der Waals surface area contributed by atoms with Crippen molar-refractivity contribution in [2.24, 2.45) is 11.3 Å². The molecule has 1 rings (SSSR count). The van der Waals surface area contributed by atoms with E-state index >= 15 is 0 Å². The van der Waals surface area contributed by atoms with Crippen molar-refractivity contribution in [3.8, 4) is 0 Å². The smallest absolute Gasteiger partial charge is 0.309 e. The van der Waals surface area contributed by atoms with Crippen molar-refractivity contribution in [3.05, 3.63) is 16.0 Å². The van der Waals surface area contributed by atoms with E-state index in [1.807, 2.05) is 6.92 Å². The van der Waals surface area contributed by atoms with Gasteiger partial charge >= 0.3 is 5.97 Å². The maximum atomic E-state index is 11.0. The van der Waals surface area contributed by atoms with Gasteiger partial charge < -0.3 is 15.8 Å². The third-order valence-corrected chi connectivity index (χ3v) is 2.08. The highest BCUT2D eigenvalue weighted by Gasteiger charge is 2.51. The predicted octanol–water partition coefficient (Wildman–Crippen LogP) is 2.46. The first-order valence-electron chi connectivity index (χ1n) is 4.14. The van der Waals surface area contributed by atoms with Crippen LogP contribution in [0, 0.1) is 11.3 Å². The van der Waals surface area contributed by atoms with Crippen molar-refractivity contribution in [2.45, 2.75) is 27.2 Å². The summed E-state index contributed by atoms with van der Waals surface area (Å²) in [5, 5.41) is 0. The fourth-order valence-electron chi connectivity index (χ4n) is 1.11. The van der Waals surface area contributed by atoms with Crippen LogP contribution in [0.5, 0.6) is 0 Å². The van der Waals surface area contributed by atoms with Gasteiger partial charge in [0.15, 0.2) is 0 Å². The lowest BCUT2D eigenvalue weighted by Crippen LogP contribution is -2.09. The van der Waals surface area contributed by atoms with Crippen molar-refractivity contribution >= 4 is 5.97 Å². The molecule has 5 heteroatoms. The summed E-state index contributed by atoms with van der Waals surface area (Å²) in [7, 11) is 0. The van der Waals surface area contributed by atoms with E-state index < -0.39 is 0 Å². The molecule has 0 saturated heterocycles. The monoisotopic (exact) mass is 184 g/mol. The zero-order valence-corrected chi connectivity index (χ0v) is 8.15. The Hall–Kier alpha value is -1.22. The first-order valence-corrected chi connectivity index (χ1v) is 4.14. The van der Waals surface area contributed by atoms with Crippen molar-refractivity contribution < 1.29 is 9.53 Å². The number of ether oxygens (including phenoxy) is 1. The van der Waals surface area contributed by atoms with E-state index in [0.29, 0.717) is 6.61 Å². The molecule has 1 aliphatic rings. The normalized spacial score (nSPS) is 21.9. The summed E-state index contributed by atoms with van der Waals surface area (Å²) >= 11 is 0. The van der Waals surface area contributed by atoms with E-state index in [2.05, 4.69) is 13.8 Å². The molecular weight excluding hydrogens is 170 g/mol. The first-order chi connectivity index (χ1) is 5.99. The SMILES string of the molecule is CCOC(=O)C1CC1(C)C.[N-]=[N+]=[N-]. The molecule has 0 radical (unpaired) electrons. The zero-order chi connectivity index (χ0) is 10.5. The van der Waals surface area contributed by atoms with Gasteiger partial charge in [-0.25, -0.2) is 0 Å². The Morgan fingerprint density at radius 2 is 2.00 bits per heavy atom. The predicted molar refractivity (Wildman–Crippen MR) is 48.6 cm³/mol. The molecule has 5 nitrogen and oxygen atoms in total. The number of nitrogens with zero attached hydrogens (tertiary/aromatic N) is 3. The van der Waals surface area contributed by atoms with Gasteiger partial charge in [0.1, 0.15) is 0 Å². The number of hydrogen-bond donors (Lipinski definition) is 0. The zero-order valence-electron chi connectivity index (χ0n) is 8.15. The molecule has 0 aromatic carbocycles. The second-order valence-electron chi connectivity index (χ2n) is 3.59. The van der Waals surface area contributed by atoms with Crippen LogP contribution in [0.3, 0.4) is 0 Å². The number of carbonyl (C=O) groups is 1. The van der Waals surface area contributed by atoms with Crippen LogP contribution in [-0.2, 0) is 9.53 Å². The molecule has 0 aromatic rings. The lowest BCUT2D eigenvalue weighted by Gasteiger charge is -2.01. The molecule has 0 amide bonds. The van der Waals surface area contributed by atoms with Gasteiger partial charge in [0.05, 0.1) is 12.5 Å². The summed E-state index contributed by atoms with van der Waals surface area (Å²) < 4.78 is 4.86. The Morgan fingerprint density at radius 1 is 1.62 bits per heavy atom. The van der Waals surface area contributed by atoms with Crippen LogP contribution in [-0.4, -0.2) is 12.6 Å². The van der Waals surface area contributed by atoms with Crippen LogP contribution < -0.4 is 0 Å². The molecule has 0 spiro atoms. The standard InChI is InChI=1S/C8H14O2.N3/c1-4-10-7(9)6-5-8(6,2)3;1-3-2/h6H,4-5H2,1-3H3;/q;-1. The third kappa shape index (κ3) is 3.80. The summed E-state index contributed by atoms with van der Waals surface area (Å²) in [5.41, 5.74) is 13.7. The second kappa shape index (κ2) is 4.72. The number of hydrogen-bond acceptors (Lipinski definition) is 2. The third-order valence-electron chi connectivity index (χ3n) is 2.08. The van der Waals surface area contributed by atoms with E-state index in [0.717, 1.165) is 6.42 Å². The van der Waals surface area contributed by atoms with Gasteiger partial charge in [0.25, 0.3) is 0 Å². The maximum absolute atomic E-state index is 11.0. The molecule has 1 fully saturated rings. The molecule has 1 atom stereocenters. The highest BCUT2D eigenvalue weighted by atomic mass is 16.5. The molecule has 0 N–H and O–H groups in total. The maximum Gasteiger partial charge on any atom is 0.309 e. The molecule has 0 aliphatic heterocycles. The van der Waals surface area contributed by atoms with Crippen molar-refractivity contribution in [1.82, 2.24) is 0 Å². The van der Waals surface area contributed by atoms with Crippen LogP contribution in [0.4, 0.5) is 0 Å². The van der Waals surface area contributed by atoms with Crippen molar-refractivity contribution in [3.63, 3.8) is 0 Å². The molecule has 0 aromatic heterocycles. The van der Waals surface area contributed by atoms with Gasteiger partial charge in [0.2, 0.25) is 0 Å². The number of rotatable bonds is 2. The minimum absolute atomic E-state index is 0.0208. The van der Waals surface area contributed by atoms with E-state index in [-0.39, 0.29) is 17.3 Å². The molecule has 1 unspecified atom stereocenters. The minimum atomic E-state index is -0.0208. The first kappa shape index (κ1) is 11.8. The Morgan fingerprint density at radius 3 is 2.23 bits per heavy atom. The topological polar surface area (TPSA) is 85.0 Å². The average molecular weight is 184 g/mol. The Kier molecular flexibility index (Phi) is 4.28. The molecule has 0 heterocycles. The van der Waals surface area contributed by atoms with E-state index in [1.165, 1.54) is 4.91 Å². The van der Waals surface area contributed by atoms with Crippen LogP contribution in [0.1, 0.15) is 27.2 Å². The molecule has 74 valence electrons. The van der Waals surface area contributed by atoms with E-state index in [9.17, 15) is 4.79 Å². The van der Waals surface area contributed by atoms with Crippen molar-refractivity contribution in [2.75, 3.05) is 6.61 Å². The van der Waals surface area contributed by atoms with Gasteiger partial charge in [-0.3, -0.25) is 9.71 Å². The molecule has 13 heavy (non-hydrogen) atoms. The van der Waals surface area contributed by atoms with Crippen molar-refractivity contribution in [1.29, 1.82) is 0 Å². The largest absolute Gasteiger partial charge is 0.466 e.